The van der Waals surface area contributed by atoms with Gasteiger partial charge in [0.2, 0.25) is 0 Å². The van der Waals surface area contributed by atoms with Crippen LogP contribution in [0.1, 0.15) is 16.1 Å². The maximum atomic E-state index is 12.5. The molecule has 0 fully saturated rings. The third-order valence-electron chi connectivity index (χ3n) is 4.56. The number of ether oxygens (including phenoxy) is 2. The normalized spacial score (nSPS) is 12.3. The minimum Gasteiger partial charge on any atom is -0.486 e. The molecule has 0 bridgehead atoms. The molecule has 0 saturated heterocycles. The predicted molar refractivity (Wildman–Crippen MR) is 109 cm³/mol. The molecule has 1 amide bonds. The lowest BCUT2D eigenvalue weighted by Gasteiger charge is -2.19. The van der Waals surface area contributed by atoms with Crippen molar-refractivity contribution in [2.24, 2.45) is 0 Å². The Morgan fingerprint density at radius 2 is 1.83 bits per heavy atom. The summed E-state index contributed by atoms with van der Waals surface area (Å²) in [5.41, 5.74) is 2.06. The van der Waals surface area contributed by atoms with Crippen LogP contribution in [0, 0.1) is 0 Å². The van der Waals surface area contributed by atoms with Crippen LogP contribution < -0.4 is 19.7 Å². The molecule has 8 heteroatoms. The highest BCUT2D eigenvalue weighted by Crippen LogP contribution is 2.32. The average Bonchev–Trinajstić information content (AvgIpc) is 2.78. The molecule has 0 spiro atoms. The van der Waals surface area contributed by atoms with Crippen molar-refractivity contribution in [3.05, 3.63) is 66.1 Å². The fourth-order valence-corrected chi connectivity index (χ4v) is 2.93. The quantitative estimate of drug-likeness (QED) is 0.691. The third kappa shape index (κ3) is 4.60. The van der Waals surface area contributed by atoms with E-state index in [9.17, 15) is 4.79 Å². The first-order chi connectivity index (χ1) is 14.2. The lowest BCUT2D eigenvalue weighted by atomic mass is 10.2. The van der Waals surface area contributed by atoms with E-state index in [4.69, 9.17) is 9.47 Å². The smallest absolute Gasteiger partial charge is 0.276 e. The average molecular weight is 391 g/mol. The van der Waals surface area contributed by atoms with E-state index in [2.05, 4.69) is 20.5 Å². The van der Waals surface area contributed by atoms with Crippen LogP contribution in [-0.4, -0.2) is 47.9 Å². The molecule has 4 rings (SSSR count). The van der Waals surface area contributed by atoms with Gasteiger partial charge in [-0.2, -0.15) is 0 Å². The Bertz CT molecular complexity index is 979. The number of amides is 1. The number of carbonyl (C=O) groups excluding carboxylic acids is 1. The Kier molecular flexibility index (Phi) is 5.51. The highest BCUT2D eigenvalue weighted by atomic mass is 16.6. The summed E-state index contributed by atoms with van der Waals surface area (Å²) in [5, 5.41) is 11.1. The van der Waals surface area contributed by atoms with Gasteiger partial charge in [0.15, 0.2) is 23.0 Å². The Morgan fingerprint density at radius 3 is 2.59 bits per heavy atom. The highest BCUT2D eigenvalue weighted by molar-refractivity contribution is 6.03. The van der Waals surface area contributed by atoms with Crippen molar-refractivity contribution in [1.29, 1.82) is 0 Å². The third-order valence-corrected chi connectivity index (χ3v) is 4.56. The van der Waals surface area contributed by atoms with Crippen LogP contribution in [0.4, 0.5) is 11.5 Å². The molecule has 2 aromatic heterocycles. The Hall–Kier alpha value is -3.68. The van der Waals surface area contributed by atoms with Crippen LogP contribution in [0.2, 0.25) is 0 Å². The number of hydrogen-bond donors (Lipinski definition) is 1. The van der Waals surface area contributed by atoms with Gasteiger partial charge in [0.05, 0.1) is 0 Å². The zero-order valence-corrected chi connectivity index (χ0v) is 16.0. The summed E-state index contributed by atoms with van der Waals surface area (Å²) in [6, 6.07) is 12.7. The molecular weight excluding hydrogens is 370 g/mol. The molecule has 29 heavy (non-hydrogen) atoms. The standard InChI is InChI=1S/C21H21N5O3/c1-26(11-8-15-6-9-22-10-7-15)20-5-3-17(24-25-20)21(27)23-16-2-4-18-19(14-16)29-13-12-28-18/h2-7,9-10,14H,8,11-13H2,1H3,(H,23,27). The molecule has 1 N–H and O–H groups in total. The molecule has 0 aliphatic carbocycles. The second kappa shape index (κ2) is 8.55. The number of hydrogen-bond acceptors (Lipinski definition) is 7. The summed E-state index contributed by atoms with van der Waals surface area (Å²) < 4.78 is 11.0. The van der Waals surface area contributed by atoms with E-state index in [0.717, 1.165) is 13.0 Å². The molecule has 1 aliphatic heterocycles. The maximum Gasteiger partial charge on any atom is 0.276 e. The molecule has 1 aliphatic rings. The zero-order chi connectivity index (χ0) is 20.1. The Balaban J connectivity index is 1.36. The summed E-state index contributed by atoms with van der Waals surface area (Å²) in [7, 11) is 1.94. The topological polar surface area (TPSA) is 89.5 Å². The first kappa shape index (κ1) is 18.7. The van der Waals surface area contributed by atoms with Gasteiger partial charge >= 0.3 is 0 Å². The van der Waals surface area contributed by atoms with E-state index in [1.165, 1.54) is 5.56 Å². The fourth-order valence-electron chi connectivity index (χ4n) is 2.93. The van der Waals surface area contributed by atoms with Gasteiger partial charge in [-0.05, 0) is 48.4 Å². The number of fused-ring (bicyclic) bond motifs is 1. The van der Waals surface area contributed by atoms with Crippen molar-refractivity contribution in [2.75, 3.05) is 37.0 Å². The van der Waals surface area contributed by atoms with Crippen molar-refractivity contribution >= 4 is 17.4 Å². The number of nitrogens with zero attached hydrogens (tertiary/aromatic N) is 4. The van der Waals surface area contributed by atoms with Crippen molar-refractivity contribution in [3.63, 3.8) is 0 Å². The first-order valence-corrected chi connectivity index (χ1v) is 9.34. The fraction of sp³-hybridized carbons (Fsp3) is 0.238. The minimum absolute atomic E-state index is 0.242. The lowest BCUT2D eigenvalue weighted by molar-refractivity contribution is 0.102. The van der Waals surface area contributed by atoms with Crippen molar-refractivity contribution in [3.8, 4) is 11.5 Å². The van der Waals surface area contributed by atoms with Gasteiger partial charge in [-0.15, -0.1) is 10.2 Å². The van der Waals surface area contributed by atoms with Crippen LogP contribution in [0.25, 0.3) is 0 Å². The van der Waals surface area contributed by atoms with Gasteiger partial charge in [0.1, 0.15) is 13.2 Å². The van der Waals surface area contributed by atoms with Gasteiger partial charge in [-0.25, -0.2) is 0 Å². The van der Waals surface area contributed by atoms with Crippen molar-refractivity contribution in [1.82, 2.24) is 15.2 Å². The first-order valence-electron chi connectivity index (χ1n) is 9.34. The second-order valence-corrected chi connectivity index (χ2v) is 6.62. The van der Waals surface area contributed by atoms with E-state index in [0.29, 0.717) is 36.2 Å². The van der Waals surface area contributed by atoms with Crippen LogP contribution in [0.3, 0.4) is 0 Å². The number of anilines is 2. The summed E-state index contributed by atoms with van der Waals surface area (Å²) in [5.74, 6) is 1.66. The Labute approximate surface area is 168 Å². The number of carbonyl (C=O) groups is 1. The SMILES string of the molecule is CN(CCc1ccncc1)c1ccc(C(=O)Nc2ccc3c(c2)OCCO3)nn1. The summed E-state index contributed by atoms with van der Waals surface area (Å²) >= 11 is 0. The molecule has 3 heterocycles. The van der Waals surface area contributed by atoms with E-state index >= 15 is 0 Å². The van der Waals surface area contributed by atoms with Gasteiger partial charge < -0.3 is 19.7 Å². The van der Waals surface area contributed by atoms with Crippen LogP contribution >= 0.6 is 0 Å². The molecule has 0 radical (unpaired) electrons. The lowest BCUT2D eigenvalue weighted by Crippen LogP contribution is -2.22. The summed E-state index contributed by atoms with van der Waals surface area (Å²) in [6.45, 7) is 1.80. The van der Waals surface area contributed by atoms with E-state index < -0.39 is 0 Å². The van der Waals surface area contributed by atoms with Crippen LogP contribution in [-0.2, 0) is 6.42 Å². The van der Waals surface area contributed by atoms with Gasteiger partial charge in [0, 0.05) is 37.7 Å². The summed E-state index contributed by atoms with van der Waals surface area (Å²) in [6.07, 6.45) is 4.43. The predicted octanol–water partition coefficient (Wildman–Crippen LogP) is 2.57. The second-order valence-electron chi connectivity index (χ2n) is 6.62. The molecule has 148 valence electrons. The number of pyridine rings is 1. The number of benzene rings is 1. The van der Waals surface area contributed by atoms with Crippen LogP contribution in [0.15, 0.2) is 54.9 Å². The van der Waals surface area contributed by atoms with E-state index in [1.54, 1.807) is 42.7 Å². The monoisotopic (exact) mass is 391 g/mol. The zero-order valence-electron chi connectivity index (χ0n) is 16.0. The number of aromatic nitrogens is 3. The maximum absolute atomic E-state index is 12.5. The minimum atomic E-state index is -0.333. The van der Waals surface area contributed by atoms with E-state index in [-0.39, 0.29) is 11.6 Å². The molecule has 0 atom stereocenters. The van der Waals surface area contributed by atoms with Crippen LogP contribution in [0.5, 0.6) is 11.5 Å². The van der Waals surface area contributed by atoms with E-state index in [1.807, 2.05) is 24.1 Å². The van der Waals surface area contributed by atoms with Crippen molar-refractivity contribution in [2.45, 2.75) is 6.42 Å². The molecule has 3 aromatic rings. The molecule has 8 nitrogen and oxygen atoms in total. The number of rotatable bonds is 6. The molecule has 1 aromatic carbocycles. The summed E-state index contributed by atoms with van der Waals surface area (Å²) in [4.78, 5) is 18.5. The van der Waals surface area contributed by atoms with Gasteiger partial charge in [-0.3, -0.25) is 9.78 Å². The van der Waals surface area contributed by atoms with Gasteiger partial charge in [-0.1, -0.05) is 0 Å². The molecular formula is C21H21N5O3. The largest absolute Gasteiger partial charge is 0.486 e. The Morgan fingerprint density at radius 1 is 1.03 bits per heavy atom. The highest BCUT2D eigenvalue weighted by Gasteiger charge is 2.14. The number of likely N-dealkylation sites (N-methyl/N-ethyl adjacent to an activating group) is 1. The van der Waals surface area contributed by atoms with Crippen molar-refractivity contribution < 1.29 is 14.3 Å². The van der Waals surface area contributed by atoms with Gasteiger partial charge in [0.25, 0.3) is 5.91 Å². The molecule has 0 unspecified atom stereocenters. The molecule has 0 saturated carbocycles. The number of nitrogens with one attached hydrogen (secondary N) is 1.